The Hall–Kier alpha value is -2.25. The summed E-state index contributed by atoms with van der Waals surface area (Å²) in [6.07, 6.45) is 1.29. The van der Waals surface area contributed by atoms with Crippen LogP contribution in [0.2, 0.25) is 0 Å². The Kier molecular flexibility index (Phi) is 5.11. The minimum Gasteiger partial charge on any atom is -0.419 e. The van der Waals surface area contributed by atoms with E-state index in [2.05, 4.69) is 16.8 Å². The van der Waals surface area contributed by atoms with Crippen molar-refractivity contribution in [3.63, 3.8) is 0 Å². The number of esters is 2. The Bertz CT molecular complexity index is 730. The summed E-state index contributed by atoms with van der Waals surface area (Å²) in [5, 5.41) is 0. The van der Waals surface area contributed by atoms with Gasteiger partial charge in [0.25, 0.3) is 5.79 Å². The van der Waals surface area contributed by atoms with Crippen molar-refractivity contribution in [1.82, 2.24) is 9.80 Å². The monoisotopic (exact) mass is 362 g/mol. The van der Waals surface area contributed by atoms with Gasteiger partial charge in [0.15, 0.2) is 0 Å². The summed E-state index contributed by atoms with van der Waals surface area (Å²) in [6.45, 7) is 7.22. The maximum Gasteiger partial charge on any atom is 0.348 e. The van der Waals surface area contributed by atoms with Gasteiger partial charge in [-0.1, -0.05) is 12.1 Å². The summed E-state index contributed by atoms with van der Waals surface area (Å²) >= 11 is 0. The second-order valence-corrected chi connectivity index (χ2v) is 7.17. The van der Waals surface area contributed by atoms with Crippen LogP contribution in [0.15, 0.2) is 23.8 Å². The number of benzene rings is 1. The number of nitrogens with zero attached hydrogens (tertiary/aromatic N) is 2. The van der Waals surface area contributed by atoms with Crippen molar-refractivity contribution < 1.29 is 23.5 Å². The van der Waals surface area contributed by atoms with E-state index in [1.165, 1.54) is 26.0 Å². The summed E-state index contributed by atoms with van der Waals surface area (Å²) in [5.41, 5.74) is 0.760. The first-order chi connectivity index (χ1) is 12.2. The number of halogens is 1. The lowest BCUT2D eigenvalue weighted by atomic mass is 10.1. The number of hydrogen-bond donors (Lipinski definition) is 0. The zero-order valence-electron chi connectivity index (χ0n) is 15.3. The lowest BCUT2D eigenvalue weighted by molar-refractivity contribution is -0.222. The summed E-state index contributed by atoms with van der Waals surface area (Å²) < 4.78 is 24.5. The molecule has 1 aromatic rings. The van der Waals surface area contributed by atoms with Crippen molar-refractivity contribution in [3.05, 3.63) is 40.7 Å². The number of likely N-dealkylation sites (N-methyl/N-ethyl adjacent to an activating group) is 1. The first-order valence-electron chi connectivity index (χ1n) is 8.61. The molecule has 0 amide bonds. The van der Waals surface area contributed by atoms with Crippen LogP contribution >= 0.6 is 0 Å². The zero-order valence-corrected chi connectivity index (χ0v) is 15.3. The predicted molar refractivity (Wildman–Crippen MR) is 93.4 cm³/mol. The number of hydrogen-bond acceptors (Lipinski definition) is 6. The van der Waals surface area contributed by atoms with E-state index < -0.39 is 17.7 Å². The third kappa shape index (κ3) is 4.28. The van der Waals surface area contributed by atoms with Gasteiger partial charge < -0.3 is 14.4 Å². The fourth-order valence-corrected chi connectivity index (χ4v) is 2.97. The van der Waals surface area contributed by atoms with Crippen molar-refractivity contribution >= 4 is 18.0 Å². The molecule has 0 radical (unpaired) electrons. The maximum atomic E-state index is 14.5. The Morgan fingerprint density at radius 1 is 1.12 bits per heavy atom. The van der Waals surface area contributed by atoms with E-state index in [0.29, 0.717) is 17.7 Å². The first kappa shape index (κ1) is 18.5. The van der Waals surface area contributed by atoms with Crippen LogP contribution in [-0.4, -0.2) is 60.8 Å². The third-order valence-corrected chi connectivity index (χ3v) is 4.49. The van der Waals surface area contributed by atoms with E-state index in [-0.39, 0.29) is 11.4 Å². The van der Waals surface area contributed by atoms with Crippen molar-refractivity contribution in [1.29, 1.82) is 0 Å². The van der Waals surface area contributed by atoms with E-state index >= 15 is 0 Å². The molecule has 0 atom stereocenters. The number of ether oxygens (including phenoxy) is 2. The molecule has 2 saturated heterocycles. The topological polar surface area (TPSA) is 59.1 Å². The first-order valence-corrected chi connectivity index (χ1v) is 8.61. The van der Waals surface area contributed by atoms with Gasteiger partial charge in [-0.15, -0.1) is 0 Å². The molecule has 7 heteroatoms. The van der Waals surface area contributed by atoms with Crippen molar-refractivity contribution in [2.75, 3.05) is 33.2 Å². The highest BCUT2D eigenvalue weighted by molar-refractivity contribution is 6.18. The van der Waals surface area contributed by atoms with Gasteiger partial charge in [0.2, 0.25) is 0 Å². The molecule has 0 spiro atoms. The molecule has 140 valence electrons. The largest absolute Gasteiger partial charge is 0.419 e. The average Bonchev–Trinajstić information content (AvgIpc) is 2.54. The molecule has 0 aliphatic carbocycles. The smallest absolute Gasteiger partial charge is 0.348 e. The molecule has 0 unspecified atom stereocenters. The Morgan fingerprint density at radius 2 is 1.73 bits per heavy atom. The molecule has 0 N–H and O–H groups in total. The minimum absolute atomic E-state index is 0.240. The van der Waals surface area contributed by atoms with Crippen LogP contribution in [0.1, 0.15) is 25.0 Å². The van der Waals surface area contributed by atoms with Crippen LogP contribution in [0.25, 0.3) is 6.08 Å². The van der Waals surface area contributed by atoms with Gasteiger partial charge in [0, 0.05) is 52.1 Å². The number of carbonyl (C=O) groups is 2. The van der Waals surface area contributed by atoms with Gasteiger partial charge in [-0.2, -0.15) is 0 Å². The van der Waals surface area contributed by atoms with E-state index in [9.17, 15) is 14.0 Å². The lowest BCUT2D eigenvalue weighted by Crippen LogP contribution is -2.44. The zero-order chi connectivity index (χ0) is 18.9. The van der Waals surface area contributed by atoms with Gasteiger partial charge >= 0.3 is 11.9 Å². The van der Waals surface area contributed by atoms with Crippen LogP contribution in [-0.2, 0) is 25.6 Å². The highest BCUT2D eigenvalue weighted by Crippen LogP contribution is 2.24. The van der Waals surface area contributed by atoms with E-state index in [1.54, 1.807) is 12.1 Å². The summed E-state index contributed by atoms with van der Waals surface area (Å²) in [4.78, 5) is 28.4. The number of carbonyl (C=O) groups excluding carboxylic acids is 2. The number of cyclic esters (lactones) is 2. The minimum atomic E-state index is -1.29. The molecule has 1 aromatic carbocycles. The number of piperazine rings is 1. The quantitative estimate of drug-likeness (QED) is 0.464. The van der Waals surface area contributed by atoms with Gasteiger partial charge in [-0.25, -0.2) is 14.0 Å². The fourth-order valence-electron chi connectivity index (χ4n) is 2.97. The second-order valence-electron chi connectivity index (χ2n) is 7.17. The summed E-state index contributed by atoms with van der Waals surface area (Å²) in [7, 11) is 2.07. The van der Waals surface area contributed by atoms with Crippen LogP contribution in [0.4, 0.5) is 4.39 Å². The van der Waals surface area contributed by atoms with Crippen LogP contribution in [0.5, 0.6) is 0 Å². The van der Waals surface area contributed by atoms with Crippen molar-refractivity contribution in [2.45, 2.75) is 26.2 Å². The van der Waals surface area contributed by atoms with Gasteiger partial charge in [-0.3, -0.25) is 4.90 Å². The predicted octanol–water partition coefficient (Wildman–Crippen LogP) is 1.79. The molecular formula is C19H23FN2O4. The SMILES string of the molecule is CN1CCN(Cc2ccc(C=C3C(=O)OC(C)(C)OC3=O)cc2F)CC1. The molecule has 2 aliphatic rings. The standard InChI is InChI=1S/C19H23FN2O4/c1-19(2)25-17(23)15(18(24)26-19)10-13-4-5-14(16(20)11-13)12-22-8-6-21(3)7-9-22/h4-5,10-11H,6-9,12H2,1-3H3. The van der Waals surface area contributed by atoms with Crippen molar-refractivity contribution in [3.8, 4) is 0 Å². The summed E-state index contributed by atoms with van der Waals surface area (Å²) in [5.74, 6) is -3.19. The molecule has 0 bridgehead atoms. The molecule has 0 saturated carbocycles. The Balaban J connectivity index is 1.73. The van der Waals surface area contributed by atoms with E-state index in [1.807, 2.05) is 0 Å². The maximum absolute atomic E-state index is 14.5. The number of rotatable bonds is 3. The normalized spacial score (nSPS) is 21.3. The molecule has 2 fully saturated rings. The van der Waals surface area contributed by atoms with Crippen LogP contribution in [0.3, 0.4) is 0 Å². The highest BCUT2D eigenvalue weighted by atomic mass is 19.1. The molecule has 3 rings (SSSR count). The molecule has 2 aliphatic heterocycles. The van der Waals surface area contributed by atoms with Gasteiger partial charge in [0.1, 0.15) is 11.4 Å². The van der Waals surface area contributed by atoms with Crippen LogP contribution in [0, 0.1) is 5.82 Å². The highest BCUT2D eigenvalue weighted by Gasteiger charge is 2.38. The van der Waals surface area contributed by atoms with Crippen LogP contribution < -0.4 is 0 Å². The molecule has 0 aromatic heterocycles. The molecule has 6 nitrogen and oxygen atoms in total. The molecular weight excluding hydrogens is 339 g/mol. The molecule has 26 heavy (non-hydrogen) atoms. The third-order valence-electron chi connectivity index (χ3n) is 4.49. The van der Waals surface area contributed by atoms with E-state index in [0.717, 1.165) is 26.2 Å². The van der Waals surface area contributed by atoms with E-state index in [4.69, 9.17) is 9.47 Å². The van der Waals surface area contributed by atoms with Crippen molar-refractivity contribution in [2.24, 2.45) is 0 Å². The molecule has 2 heterocycles. The van der Waals surface area contributed by atoms with Gasteiger partial charge in [-0.05, 0) is 24.8 Å². The Morgan fingerprint density at radius 3 is 2.31 bits per heavy atom. The fraction of sp³-hybridized carbons (Fsp3) is 0.474. The second kappa shape index (κ2) is 7.17. The summed E-state index contributed by atoms with van der Waals surface area (Å²) in [6, 6.07) is 4.68. The lowest BCUT2D eigenvalue weighted by Gasteiger charge is -2.32. The van der Waals surface area contributed by atoms with Gasteiger partial charge in [0.05, 0.1) is 0 Å². The average molecular weight is 362 g/mol. The Labute approximate surface area is 152 Å².